The van der Waals surface area contributed by atoms with Crippen molar-refractivity contribution in [2.75, 3.05) is 13.7 Å². The maximum atomic E-state index is 12.5. The number of halogens is 2. The molecule has 1 aliphatic rings. The first-order valence-corrected chi connectivity index (χ1v) is 11.3. The van der Waals surface area contributed by atoms with Crippen LogP contribution in [0.1, 0.15) is 11.1 Å². The molecular weight excluding hydrogens is 572 g/mol. The van der Waals surface area contributed by atoms with Gasteiger partial charge in [-0.15, -0.1) is 0 Å². The van der Waals surface area contributed by atoms with Crippen LogP contribution in [0.5, 0.6) is 5.75 Å². The van der Waals surface area contributed by atoms with Gasteiger partial charge >= 0.3 is 5.97 Å². The molecule has 2 aromatic rings. The zero-order chi connectivity index (χ0) is 23.4. The first-order valence-electron chi connectivity index (χ1n) is 8.87. The number of non-ortho nitro benzene ring substituents is 1. The number of hydrogen-bond acceptors (Lipinski definition) is 8. The van der Waals surface area contributed by atoms with Crippen molar-refractivity contribution in [3.63, 3.8) is 0 Å². The number of nitrogens with zero attached hydrogens (tertiary/aromatic N) is 2. The average molecular weight is 586 g/mol. The lowest BCUT2D eigenvalue weighted by atomic mass is 10.2. The minimum atomic E-state index is -0.687. The summed E-state index contributed by atoms with van der Waals surface area (Å²) in [5.41, 5.74) is 1.37. The molecule has 1 aliphatic heterocycles. The van der Waals surface area contributed by atoms with Gasteiger partial charge in [-0.2, -0.15) is 0 Å². The largest absolute Gasteiger partial charge is 0.487 e. The first-order chi connectivity index (χ1) is 15.2. The molecule has 12 heteroatoms. The lowest BCUT2D eigenvalue weighted by molar-refractivity contribution is -0.384. The van der Waals surface area contributed by atoms with Gasteiger partial charge in [-0.1, -0.05) is 0 Å². The Hall–Kier alpha value is -2.70. The van der Waals surface area contributed by atoms with E-state index in [4.69, 9.17) is 4.74 Å². The Morgan fingerprint density at radius 1 is 1.19 bits per heavy atom. The number of imide groups is 1. The highest BCUT2D eigenvalue weighted by molar-refractivity contribution is 9.11. The van der Waals surface area contributed by atoms with Gasteiger partial charge in [0.15, 0.2) is 0 Å². The molecule has 32 heavy (non-hydrogen) atoms. The number of esters is 1. The molecular formula is C20H14Br2N2O7S. The van der Waals surface area contributed by atoms with Crippen LogP contribution in [0.25, 0.3) is 6.08 Å². The van der Waals surface area contributed by atoms with Crippen LogP contribution < -0.4 is 4.74 Å². The number of carbonyl (C=O) groups excluding carboxylic acids is 3. The van der Waals surface area contributed by atoms with Crippen LogP contribution in [0, 0.1) is 10.1 Å². The van der Waals surface area contributed by atoms with E-state index in [-0.39, 0.29) is 17.2 Å². The van der Waals surface area contributed by atoms with E-state index in [9.17, 15) is 24.5 Å². The van der Waals surface area contributed by atoms with Gasteiger partial charge in [0.05, 0.1) is 25.9 Å². The molecule has 0 unspecified atom stereocenters. The van der Waals surface area contributed by atoms with Crippen molar-refractivity contribution >= 4 is 72.5 Å². The average Bonchev–Trinajstić information content (AvgIpc) is 3.00. The Morgan fingerprint density at radius 3 is 2.38 bits per heavy atom. The fourth-order valence-corrected chi connectivity index (χ4v) is 4.94. The standard InChI is InChI=1S/C20H14Br2N2O7S/c1-30-17(25)9-23-19(26)16(32-20(23)27)8-12-6-14(21)18(15(22)7-12)31-10-11-2-4-13(5-3-11)24(28)29/h2-8H,9-10H2,1H3/b16-8-. The molecule has 166 valence electrons. The Kier molecular flexibility index (Phi) is 7.69. The third kappa shape index (κ3) is 5.56. The number of benzene rings is 2. The lowest BCUT2D eigenvalue weighted by Crippen LogP contribution is -2.34. The smallest absolute Gasteiger partial charge is 0.325 e. The molecule has 0 aliphatic carbocycles. The molecule has 0 saturated carbocycles. The summed E-state index contributed by atoms with van der Waals surface area (Å²) < 4.78 is 11.5. The summed E-state index contributed by atoms with van der Waals surface area (Å²) in [7, 11) is 1.18. The number of amides is 2. The summed E-state index contributed by atoms with van der Waals surface area (Å²) in [5.74, 6) is -0.760. The molecule has 0 bridgehead atoms. The molecule has 2 aromatic carbocycles. The van der Waals surface area contributed by atoms with Crippen molar-refractivity contribution < 1.29 is 28.8 Å². The SMILES string of the molecule is COC(=O)CN1C(=O)S/C(=C\c2cc(Br)c(OCc3ccc([N+](=O)[O-])cc3)c(Br)c2)C1=O. The van der Waals surface area contributed by atoms with Gasteiger partial charge in [0.25, 0.3) is 16.8 Å². The van der Waals surface area contributed by atoms with E-state index in [2.05, 4.69) is 36.6 Å². The van der Waals surface area contributed by atoms with Crippen molar-refractivity contribution in [2.24, 2.45) is 0 Å². The number of ether oxygens (including phenoxy) is 2. The number of methoxy groups -OCH3 is 1. The molecule has 0 atom stereocenters. The Labute approximate surface area is 203 Å². The molecule has 2 amide bonds. The molecule has 9 nitrogen and oxygen atoms in total. The summed E-state index contributed by atoms with van der Waals surface area (Å²) in [6.45, 7) is -0.262. The van der Waals surface area contributed by atoms with Crippen molar-refractivity contribution in [1.29, 1.82) is 0 Å². The summed E-state index contributed by atoms with van der Waals surface area (Å²) >= 11 is 7.59. The highest BCUT2D eigenvalue weighted by Gasteiger charge is 2.36. The molecule has 0 N–H and O–H groups in total. The van der Waals surface area contributed by atoms with Gasteiger partial charge in [-0.05, 0) is 85.1 Å². The third-order valence-electron chi connectivity index (χ3n) is 4.24. The number of carbonyl (C=O) groups is 3. The highest BCUT2D eigenvalue weighted by atomic mass is 79.9. The monoisotopic (exact) mass is 584 g/mol. The predicted molar refractivity (Wildman–Crippen MR) is 124 cm³/mol. The van der Waals surface area contributed by atoms with E-state index in [0.29, 0.717) is 20.3 Å². The highest BCUT2D eigenvalue weighted by Crippen LogP contribution is 2.38. The Balaban J connectivity index is 1.74. The van der Waals surface area contributed by atoms with E-state index in [1.807, 2.05) is 0 Å². The maximum absolute atomic E-state index is 12.5. The number of nitro benzene ring substituents is 1. The van der Waals surface area contributed by atoms with E-state index in [1.165, 1.54) is 25.3 Å². The van der Waals surface area contributed by atoms with Gasteiger partial charge < -0.3 is 9.47 Å². The zero-order valence-electron chi connectivity index (χ0n) is 16.4. The minimum Gasteiger partial charge on any atom is -0.487 e. The lowest BCUT2D eigenvalue weighted by Gasteiger charge is -2.12. The second-order valence-electron chi connectivity index (χ2n) is 6.37. The number of thioether (sulfide) groups is 1. The predicted octanol–water partition coefficient (Wildman–Crippen LogP) is 4.91. The molecule has 1 saturated heterocycles. The van der Waals surface area contributed by atoms with Crippen LogP contribution in [0.15, 0.2) is 50.2 Å². The number of hydrogen-bond donors (Lipinski definition) is 0. The molecule has 1 heterocycles. The minimum absolute atomic E-state index is 0.00327. The van der Waals surface area contributed by atoms with Gasteiger partial charge in [0, 0.05) is 12.1 Å². The zero-order valence-corrected chi connectivity index (χ0v) is 20.4. The Morgan fingerprint density at radius 2 is 1.81 bits per heavy atom. The second-order valence-corrected chi connectivity index (χ2v) is 9.07. The Bertz CT molecular complexity index is 1110. The van der Waals surface area contributed by atoms with E-state index >= 15 is 0 Å². The van der Waals surface area contributed by atoms with E-state index in [0.717, 1.165) is 22.2 Å². The van der Waals surface area contributed by atoms with Crippen LogP contribution in [0.3, 0.4) is 0 Å². The van der Waals surface area contributed by atoms with Crippen LogP contribution in [-0.2, 0) is 20.9 Å². The fourth-order valence-electron chi connectivity index (χ4n) is 2.65. The van der Waals surface area contributed by atoms with Gasteiger partial charge in [-0.3, -0.25) is 29.4 Å². The summed E-state index contributed by atoms with van der Waals surface area (Å²) in [6, 6.07) is 9.45. The topological polar surface area (TPSA) is 116 Å². The summed E-state index contributed by atoms with van der Waals surface area (Å²) in [6.07, 6.45) is 1.54. The summed E-state index contributed by atoms with van der Waals surface area (Å²) in [4.78, 5) is 47.2. The summed E-state index contributed by atoms with van der Waals surface area (Å²) in [5, 5.41) is 10.2. The molecule has 0 aromatic heterocycles. The van der Waals surface area contributed by atoms with Crippen molar-refractivity contribution in [2.45, 2.75) is 6.61 Å². The molecule has 0 radical (unpaired) electrons. The van der Waals surface area contributed by atoms with Gasteiger partial charge in [0.1, 0.15) is 18.9 Å². The first kappa shape index (κ1) is 24.0. The fraction of sp³-hybridized carbons (Fsp3) is 0.150. The van der Waals surface area contributed by atoms with Gasteiger partial charge in [-0.25, -0.2) is 0 Å². The van der Waals surface area contributed by atoms with Crippen molar-refractivity contribution in [1.82, 2.24) is 4.90 Å². The molecule has 1 fully saturated rings. The van der Waals surface area contributed by atoms with Crippen LogP contribution in [-0.4, -0.2) is 40.6 Å². The number of rotatable bonds is 7. The maximum Gasteiger partial charge on any atom is 0.325 e. The van der Waals surface area contributed by atoms with E-state index < -0.39 is 28.6 Å². The quantitative estimate of drug-likeness (QED) is 0.195. The number of nitro groups is 1. The molecule has 0 spiro atoms. The third-order valence-corrected chi connectivity index (χ3v) is 6.32. The van der Waals surface area contributed by atoms with Gasteiger partial charge in [0.2, 0.25) is 0 Å². The van der Waals surface area contributed by atoms with Crippen LogP contribution in [0.2, 0.25) is 0 Å². The van der Waals surface area contributed by atoms with Crippen LogP contribution >= 0.6 is 43.6 Å². The normalized spacial score (nSPS) is 14.7. The second kappa shape index (κ2) is 10.3. The molecule has 3 rings (SSSR count). The van der Waals surface area contributed by atoms with Crippen molar-refractivity contribution in [3.8, 4) is 5.75 Å². The van der Waals surface area contributed by atoms with Crippen LogP contribution in [0.4, 0.5) is 10.5 Å². The van der Waals surface area contributed by atoms with E-state index in [1.54, 1.807) is 24.3 Å². The van der Waals surface area contributed by atoms with Crippen molar-refractivity contribution in [3.05, 3.63) is 71.5 Å².